The molecule has 0 radical (unpaired) electrons. The number of carbonyl (C=O) groups is 2. The Kier molecular flexibility index (Phi) is 5.78. The molecule has 2 aromatic carbocycles. The first kappa shape index (κ1) is 18.9. The number of hydrogen-bond acceptors (Lipinski definition) is 5. The highest BCUT2D eigenvalue weighted by Gasteiger charge is 2.18. The number of amides is 2. The lowest BCUT2D eigenvalue weighted by molar-refractivity contribution is -0.136. The molecular formula is C18H16ClFN2O5. The number of hydrogen-bond donors (Lipinski definition) is 3. The van der Waals surface area contributed by atoms with Gasteiger partial charge in [0.15, 0.2) is 11.5 Å². The lowest BCUT2D eigenvalue weighted by atomic mass is 10.1. The monoisotopic (exact) mass is 394 g/mol. The van der Waals surface area contributed by atoms with Gasteiger partial charge < -0.3 is 25.2 Å². The van der Waals surface area contributed by atoms with Crippen LogP contribution in [0.4, 0.5) is 10.1 Å². The Bertz CT molecular complexity index is 877. The number of ether oxygens (including phenoxy) is 2. The van der Waals surface area contributed by atoms with Crippen molar-refractivity contribution in [2.45, 2.75) is 12.5 Å². The fraction of sp³-hybridized carbons (Fsp3) is 0.222. The lowest BCUT2D eigenvalue weighted by Gasteiger charge is -2.12. The zero-order valence-electron chi connectivity index (χ0n) is 14.0. The molecular weight excluding hydrogens is 379 g/mol. The van der Waals surface area contributed by atoms with Crippen molar-refractivity contribution < 1.29 is 28.6 Å². The maximum Gasteiger partial charge on any atom is 0.313 e. The molecule has 1 aliphatic heterocycles. The van der Waals surface area contributed by atoms with Gasteiger partial charge in [-0.05, 0) is 42.3 Å². The van der Waals surface area contributed by atoms with Crippen molar-refractivity contribution in [1.82, 2.24) is 5.32 Å². The maximum absolute atomic E-state index is 13.1. The van der Waals surface area contributed by atoms with Gasteiger partial charge in [-0.15, -0.1) is 0 Å². The van der Waals surface area contributed by atoms with E-state index in [0.717, 1.165) is 6.07 Å². The minimum absolute atomic E-state index is 0.0754. The predicted octanol–water partition coefficient (Wildman–Crippen LogP) is 2.39. The molecule has 0 unspecified atom stereocenters. The Labute approximate surface area is 159 Å². The number of rotatable bonds is 5. The summed E-state index contributed by atoms with van der Waals surface area (Å²) in [6, 6.07) is 8.63. The van der Waals surface area contributed by atoms with Crippen LogP contribution in [0.25, 0.3) is 0 Å². The van der Waals surface area contributed by atoms with E-state index in [2.05, 4.69) is 10.6 Å². The van der Waals surface area contributed by atoms with Crippen LogP contribution >= 0.6 is 11.6 Å². The number of nitrogens with one attached hydrogen (secondary N) is 2. The van der Waals surface area contributed by atoms with E-state index in [1.807, 2.05) is 0 Å². The largest absolute Gasteiger partial charge is 0.454 e. The van der Waals surface area contributed by atoms with Gasteiger partial charge in [-0.25, -0.2) is 4.39 Å². The molecule has 2 amide bonds. The zero-order valence-corrected chi connectivity index (χ0v) is 14.8. The third-order valence-corrected chi connectivity index (χ3v) is 4.16. The molecule has 0 spiro atoms. The van der Waals surface area contributed by atoms with E-state index in [4.69, 9.17) is 21.1 Å². The summed E-state index contributed by atoms with van der Waals surface area (Å²) in [6.45, 7) is 0.214. The van der Waals surface area contributed by atoms with E-state index in [-0.39, 0.29) is 30.5 Å². The van der Waals surface area contributed by atoms with E-state index in [9.17, 15) is 19.1 Å². The van der Waals surface area contributed by atoms with Gasteiger partial charge in [-0.1, -0.05) is 17.7 Å². The summed E-state index contributed by atoms with van der Waals surface area (Å²) in [7, 11) is 0. The molecule has 27 heavy (non-hydrogen) atoms. The highest BCUT2D eigenvalue weighted by Crippen LogP contribution is 2.34. The molecule has 3 N–H and O–H groups in total. The van der Waals surface area contributed by atoms with Crippen molar-refractivity contribution >= 4 is 29.1 Å². The molecule has 1 aliphatic rings. The average Bonchev–Trinajstić information content (AvgIpc) is 3.12. The van der Waals surface area contributed by atoms with Gasteiger partial charge in [-0.2, -0.15) is 0 Å². The molecule has 0 aromatic heterocycles. The number of aliphatic hydroxyl groups is 1. The Balaban J connectivity index is 1.47. The van der Waals surface area contributed by atoms with E-state index in [1.165, 1.54) is 12.1 Å². The second-order valence-corrected chi connectivity index (χ2v) is 6.16. The molecule has 0 saturated carbocycles. The van der Waals surface area contributed by atoms with Crippen LogP contribution < -0.4 is 20.1 Å². The molecule has 1 heterocycles. The summed E-state index contributed by atoms with van der Waals surface area (Å²) in [4.78, 5) is 23.7. The van der Waals surface area contributed by atoms with Gasteiger partial charge in [0.2, 0.25) is 6.79 Å². The Hall–Kier alpha value is -2.84. The predicted molar refractivity (Wildman–Crippen MR) is 95.2 cm³/mol. The van der Waals surface area contributed by atoms with Crippen LogP contribution in [0.5, 0.6) is 11.5 Å². The summed E-state index contributed by atoms with van der Waals surface area (Å²) in [5.74, 6) is -1.27. The van der Waals surface area contributed by atoms with E-state index in [0.29, 0.717) is 17.1 Å². The third-order valence-electron chi connectivity index (χ3n) is 3.87. The van der Waals surface area contributed by atoms with Crippen LogP contribution in [0, 0.1) is 5.82 Å². The number of aliphatic hydroxyl groups excluding tert-OH is 1. The number of anilines is 1. The fourth-order valence-electron chi connectivity index (χ4n) is 2.45. The normalized spacial score (nSPS) is 13.1. The summed E-state index contributed by atoms with van der Waals surface area (Å²) < 4.78 is 23.5. The maximum atomic E-state index is 13.1. The molecule has 9 heteroatoms. The quantitative estimate of drug-likeness (QED) is 0.676. The second kappa shape index (κ2) is 8.24. The fourth-order valence-corrected chi connectivity index (χ4v) is 2.63. The Morgan fingerprint density at radius 1 is 1.15 bits per heavy atom. The standard InChI is InChI=1S/C18H16ClFN2O5/c19-12-8-11(2-3-13(12)20)22-18(25)17(24)21-6-5-14(23)10-1-4-15-16(7-10)27-9-26-15/h1-4,7-8,14,23H,5-6,9H2,(H,21,24)(H,22,25)/t14-/m0/s1. The van der Waals surface area contributed by atoms with E-state index < -0.39 is 23.7 Å². The zero-order chi connectivity index (χ0) is 19.4. The number of fused-ring (bicyclic) bond motifs is 1. The molecule has 0 bridgehead atoms. The highest BCUT2D eigenvalue weighted by atomic mass is 35.5. The van der Waals surface area contributed by atoms with Crippen LogP contribution in [0.2, 0.25) is 5.02 Å². The number of carbonyl (C=O) groups excluding carboxylic acids is 2. The summed E-state index contributed by atoms with van der Waals surface area (Å²) >= 11 is 5.62. The summed E-state index contributed by atoms with van der Waals surface area (Å²) in [5.41, 5.74) is 0.806. The average molecular weight is 395 g/mol. The van der Waals surface area contributed by atoms with Crippen molar-refractivity contribution in [2.75, 3.05) is 18.7 Å². The second-order valence-electron chi connectivity index (χ2n) is 5.76. The molecule has 0 fully saturated rings. The first-order valence-electron chi connectivity index (χ1n) is 8.06. The molecule has 0 saturated heterocycles. The summed E-state index contributed by atoms with van der Waals surface area (Å²) in [6.07, 6.45) is -0.653. The highest BCUT2D eigenvalue weighted by molar-refractivity contribution is 6.39. The smallest absolute Gasteiger partial charge is 0.313 e. The minimum atomic E-state index is -0.921. The number of benzene rings is 2. The molecule has 1 atom stereocenters. The van der Waals surface area contributed by atoms with Gasteiger partial charge in [0.1, 0.15) is 5.82 Å². The van der Waals surface area contributed by atoms with Crippen LogP contribution in [0.3, 0.4) is 0 Å². The van der Waals surface area contributed by atoms with Gasteiger partial charge in [0.05, 0.1) is 11.1 Å². The van der Waals surface area contributed by atoms with E-state index >= 15 is 0 Å². The topological polar surface area (TPSA) is 96.9 Å². The van der Waals surface area contributed by atoms with Gasteiger partial charge in [-0.3, -0.25) is 9.59 Å². The van der Waals surface area contributed by atoms with Crippen LogP contribution in [-0.2, 0) is 9.59 Å². The van der Waals surface area contributed by atoms with Gasteiger partial charge >= 0.3 is 11.8 Å². The van der Waals surface area contributed by atoms with Crippen LogP contribution in [0.1, 0.15) is 18.1 Å². The molecule has 0 aliphatic carbocycles. The SMILES string of the molecule is O=C(NCC[C@H](O)c1ccc2c(c1)OCO2)C(=O)Nc1ccc(F)c(Cl)c1. The van der Waals surface area contributed by atoms with Gasteiger partial charge in [0.25, 0.3) is 0 Å². The van der Waals surface area contributed by atoms with Crippen molar-refractivity contribution in [3.63, 3.8) is 0 Å². The Morgan fingerprint density at radius 3 is 2.70 bits per heavy atom. The van der Waals surface area contributed by atoms with Crippen molar-refractivity contribution in [3.05, 3.63) is 52.8 Å². The van der Waals surface area contributed by atoms with Crippen molar-refractivity contribution in [2.24, 2.45) is 0 Å². The van der Waals surface area contributed by atoms with E-state index in [1.54, 1.807) is 18.2 Å². The number of halogens is 2. The molecule has 7 nitrogen and oxygen atoms in total. The van der Waals surface area contributed by atoms with Crippen molar-refractivity contribution in [3.8, 4) is 11.5 Å². The van der Waals surface area contributed by atoms with Gasteiger partial charge in [0, 0.05) is 12.2 Å². The first-order chi connectivity index (χ1) is 12.9. The Morgan fingerprint density at radius 2 is 1.93 bits per heavy atom. The minimum Gasteiger partial charge on any atom is -0.454 e. The van der Waals surface area contributed by atoms with Crippen molar-refractivity contribution in [1.29, 1.82) is 0 Å². The molecule has 142 valence electrons. The summed E-state index contributed by atoms with van der Waals surface area (Å²) in [5, 5.41) is 14.8. The molecule has 3 rings (SSSR count). The van der Waals surface area contributed by atoms with Crippen LogP contribution in [0.15, 0.2) is 36.4 Å². The first-order valence-corrected chi connectivity index (χ1v) is 8.43. The third kappa shape index (κ3) is 4.66. The molecule has 2 aromatic rings. The van der Waals surface area contributed by atoms with Crippen LogP contribution in [-0.4, -0.2) is 30.3 Å². The lowest BCUT2D eigenvalue weighted by Crippen LogP contribution is -2.36.